The van der Waals surface area contributed by atoms with Crippen LogP contribution in [0.5, 0.6) is 5.75 Å². The zero-order valence-electron chi connectivity index (χ0n) is 17.1. The van der Waals surface area contributed by atoms with Crippen LogP contribution in [0.25, 0.3) is 0 Å². The quantitative estimate of drug-likeness (QED) is 0.333. The van der Waals surface area contributed by atoms with Crippen molar-refractivity contribution in [2.24, 2.45) is 0 Å². The number of methoxy groups -OCH3 is 1. The summed E-state index contributed by atoms with van der Waals surface area (Å²) in [7, 11) is 1.50. The number of nitrogens with zero attached hydrogens (tertiary/aromatic N) is 1. The Kier molecular flexibility index (Phi) is 9.49. The van der Waals surface area contributed by atoms with E-state index in [2.05, 4.69) is 10.6 Å². The molecule has 9 nitrogen and oxygen atoms in total. The summed E-state index contributed by atoms with van der Waals surface area (Å²) < 4.78 is 15.4. The van der Waals surface area contributed by atoms with Crippen LogP contribution in [-0.4, -0.2) is 73.9 Å². The molecule has 1 atom stereocenters. The number of amides is 2. The van der Waals surface area contributed by atoms with Crippen LogP contribution in [-0.2, 0) is 19.1 Å². The maximum absolute atomic E-state index is 12.6. The van der Waals surface area contributed by atoms with E-state index in [0.29, 0.717) is 31.0 Å². The summed E-state index contributed by atoms with van der Waals surface area (Å²) in [5.41, 5.74) is 0.378. The second-order valence-electron chi connectivity index (χ2n) is 6.55. The molecule has 1 saturated heterocycles. The first kappa shape index (κ1) is 23.6. The van der Waals surface area contributed by atoms with Gasteiger partial charge < -0.3 is 24.4 Å². The van der Waals surface area contributed by atoms with Gasteiger partial charge in [0, 0.05) is 25.8 Å². The second-order valence-corrected chi connectivity index (χ2v) is 6.94. The van der Waals surface area contributed by atoms with Gasteiger partial charge >= 0.3 is 5.97 Å². The molecule has 2 N–H and O–H groups in total. The van der Waals surface area contributed by atoms with Crippen molar-refractivity contribution in [2.75, 3.05) is 40.0 Å². The van der Waals surface area contributed by atoms with E-state index in [1.165, 1.54) is 12.0 Å². The van der Waals surface area contributed by atoms with Crippen LogP contribution in [0.2, 0.25) is 0 Å². The summed E-state index contributed by atoms with van der Waals surface area (Å²) in [6.45, 7) is 3.62. The molecule has 2 rings (SSSR count). The number of carbonyl (C=O) groups excluding carboxylic acids is 3. The summed E-state index contributed by atoms with van der Waals surface area (Å²) in [5, 5.41) is 5.41. The van der Waals surface area contributed by atoms with E-state index in [-0.39, 0.29) is 30.7 Å². The Morgan fingerprint density at radius 3 is 2.83 bits per heavy atom. The van der Waals surface area contributed by atoms with Gasteiger partial charge in [0.2, 0.25) is 5.91 Å². The van der Waals surface area contributed by atoms with E-state index >= 15 is 0 Å². The monoisotopic (exact) mass is 437 g/mol. The van der Waals surface area contributed by atoms with Crippen LogP contribution in [0.1, 0.15) is 30.1 Å². The molecular weight excluding hydrogens is 410 g/mol. The molecule has 164 valence electrons. The van der Waals surface area contributed by atoms with Crippen molar-refractivity contribution in [1.29, 1.82) is 0 Å². The van der Waals surface area contributed by atoms with Gasteiger partial charge in [-0.05, 0) is 36.8 Å². The molecule has 0 aromatic heterocycles. The lowest BCUT2D eigenvalue weighted by molar-refractivity contribution is -0.148. The Morgan fingerprint density at radius 1 is 1.30 bits per heavy atom. The van der Waals surface area contributed by atoms with Crippen molar-refractivity contribution in [3.8, 4) is 5.75 Å². The van der Waals surface area contributed by atoms with Gasteiger partial charge in [-0.25, -0.2) is 0 Å². The second kappa shape index (κ2) is 12.1. The predicted molar refractivity (Wildman–Crippen MR) is 113 cm³/mol. The third-order valence-corrected chi connectivity index (χ3v) is 4.63. The Hall–Kier alpha value is -2.72. The summed E-state index contributed by atoms with van der Waals surface area (Å²) in [6.07, 6.45) is 0.665. The molecule has 30 heavy (non-hydrogen) atoms. The van der Waals surface area contributed by atoms with Crippen molar-refractivity contribution >= 4 is 35.1 Å². The average molecular weight is 438 g/mol. The van der Waals surface area contributed by atoms with E-state index in [4.69, 9.17) is 26.4 Å². The molecule has 10 heteroatoms. The highest BCUT2D eigenvalue weighted by Crippen LogP contribution is 2.15. The zero-order valence-corrected chi connectivity index (χ0v) is 18.0. The molecule has 2 amide bonds. The number of ether oxygens (including phenoxy) is 3. The van der Waals surface area contributed by atoms with Crippen molar-refractivity contribution in [1.82, 2.24) is 15.5 Å². The Morgan fingerprint density at radius 2 is 2.10 bits per heavy atom. The summed E-state index contributed by atoms with van der Waals surface area (Å²) >= 11 is 5.35. The molecule has 1 fully saturated rings. The molecule has 0 spiro atoms. The molecule has 0 radical (unpaired) electrons. The van der Waals surface area contributed by atoms with Gasteiger partial charge in [0.05, 0.1) is 19.6 Å². The van der Waals surface area contributed by atoms with Crippen molar-refractivity contribution in [3.05, 3.63) is 29.8 Å². The highest BCUT2D eigenvalue weighted by atomic mass is 32.1. The fraction of sp³-hybridized carbons (Fsp3) is 0.500. The lowest BCUT2D eigenvalue weighted by Crippen LogP contribution is -2.60. The van der Waals surface area contributed by atoms with Crippen LogP contribution in [0, 0.1) is 0 Å². The number of rotatable bonds is 9. The normalized spacial score (nSPS) is 15.9. The summed E-state index contributed by atoms with van der Waals surface area (Å²) in [6, 6.07) is 5.90. The fourth-order valence-electron chi connectivity index (χ4n) is 2.80. The number of piperazine rings is 1. The van der Waals surface area contributed by atoms with Gasteiger partial charge in [-0.2, -0.15) is 0 Å². The lowest BCUT2D eigenvalue weighted by atomic mass is 10.1. The van der Waals surface area contributed by atoms with Crippen LogP contribution >= 0.6 is 12.2 Å². The molecule has 0 saturated carbocycles. The predicted octanol–water partition coefficient (Wildman–Crippen LogP) is 0.870. The van der Waals surface area contributed by atoms with Crippen LogP contribution in [0.15, 0.2) is 24.3 Å². The van der Waals surface area contributed by atoms with Gasteiger partial charge in [-0.1, -0.05) is 13.0 Å². The van der Waals surface area contributed by atoms with E-state index < -0.39 is 17.9 Å². The van der Waals surface area contributed by atoms with Crippen molar-refractivity contribution in [2.45, 2.75) is 25.8 Å². The third kappa shape index (κ3) is 6.96. The maximum atomic E-state index is 12.6. The van der Waals surface area contributed by atoms with E-state index in [9.17, 15) is 14.4 Å². The van der Waals surface area contributed by atoms with Gasteiger partial charge in [-0.15, -0.1) is 0 Å². The van der Waals surface area contributed by atoms with E-state index in [1.54, 1.807) is 24.3 Å². The Balaban J connectivity index is 2.01. The topological polar surface area (TPSA) is 106 Å². The van der Waals surface area contributed by atoms with E-state index in [0.717, 1.165) is 6.42 Å². The molecule has 0 bridgehead atoms. The molecule has 1 aromatic carbocycles. The highest BCUT2D eigenvalue weighted by molar-refractivity contribution is 7.80. The number of hydrogen-bond donors (Lipinski definition) is 2. The first-order valence-electron chi connectivity index (χ1n) is 9.73. The van der Waals surface area contributed by atoms with Gasteiger partial charge in [0.25, 0.3) is 5.91 Å². The van der Waals surface area contributed by atoms with Crippen molar-refractivity contribution in [3.63, 3.8) is 0 Å². The number of hydrogen-bond acceptors (Lipinski definition) is 7. The molecule has 0 aliphatic carbocycles. The van der Waals surface area contributed by atoms with Gasteiger partial charge in [0.15, 0.2) is 5.11 Å². The lowest BCUT2D eigenvalue weighted by Gasteiger charge is -2.36. The third-order valence-electron chi connectivity index (χ3n) is 4.29. The minimum Gasteiger partial charge on any atom is -0.494 e. The molecule has 1 aliphatic rings. The number of nitrogens with one attached hydrogen (secondary N) is 2. The minimum absolute atomic E-state index is 0.0735. The Bertz CT molecular complexity index is 773. The maximum Gasteiger partial charge on any atom is 0.308 e. The number of carbonyl (C=O) groups is 3. The first-order chi connectivity index (χ1) is 14.5. The van der Waals surface area contributed by atoms with Crippen LogP contribution in [0.4, 0.5) is 0 Å². The smallest absolute Gasteiger partial charge is 0.308 e. The summed E-state index contributed by atoms with van der Waals surface area (Å²) in [4.78, 5) is 38.5. The van der Waals surface area contributed by atoms with E-state index in [1.807, 2.05) is 6.92 Å². The molecule has 1 aliphatic heterocycles. The number of thiocarbonyl (C=S) groups is 1. The first-order valence-corrected chi connectivity index (χ1v) is 10.1. The fourth-order valence-corrected chi connectivity index (χ4v) is 3.12. The SMILES string of the molecule is CCCOc1cccc(C(=O)NC(=S)N2CCNC(=O)C2CC(=O)OCCOC)c1. The molecular formula is C20H27N3O6S. The Labute approximate surface area is 181 Å². The number of esters is 1. The molecule has 1 aromatic rings. The zero-order chi connectivity index (χ0) is 21.9. The molecule has 1 heterocycles. The standard InChI is InChI=1S/C20H27N3O6S/c1-3-9-28-15-6-4-5-14(12-15)18(25)22-20(30)23-8-7-21-19(26)16(23)13-17(24)29-11-10-27-2/h4-6,12,16H,3,7-11,13H2,1-2H3,(H,21,26)(H,22,25,30). The van der Waals surface area contributed by atoms with Crippen LogP contribution < -0.4 is 15.4 Å². The minimum atomic E-state index is -0.860. The highest BCUT2D eigenvalue weighted by Gasteiger charge is 2.34. The van der Waals surface area contributed by atoms with Crippen molar-refractivity contribution < 1.29 is 28.6 Å². The average Bonchev–Trinajstić information content (AvgIpc) is 2.74. The van der Waals surface area contributed by atoms with Crippen LogP contribution in [0.3, 0.4) is 0 Å². The van der Waals surface area contributed by atoms with Gasteiger partial charge in [0.1, 0.15) is 18.4 Å². The molecule has 1 unspecified atom stereocenters. The summed E-state index contributed by atoms with van der Waals surface area (Å²) in [5.74, 6) is -0.732. The largest absolute Gasteiger partial charge is 0.494 e. The van der Waals surface area contributed by atoms with Gasteiger partial charge in [-0.3, -0.25) is 19.7 Å². The number of benzene rings is 1.